The van der Waals surface area contributed by atoms with Crippen LogP contribution in [0.5, 0.6) is 0 Å². The van der Waals surface area contributed by atoms with Crippen LogP contribution in [0, 0.1) is 0 Å². The average molecular weight is 253 g/mol. The van der Waals surface area contributed by atoms with E-state index in [-0.39, 0.29) is 0 Å². The van der Waals surface area contributed by atoms with E-state index in [1.54, 1.807) is 0 Å². The van der Waals surface area contributed by atoms with Gasteiger partial charge in [-0.3, -0.25) is 9.80 Å². The maximum absolute atomic E-state index is 3.71. The monoisotopic (exact) mass is 253 g/mol. The van der Waals surface area contributed by atoms with Crippen LogP contribution in [-0.4, -0.2) is 61.2 Å². The van der Waals surface area contributed by atoms with Crippen molar-refractivity contribution < 1.29 is 0 Å². The third-order valence-electron chi connectivity index (χ3n) is 4.27. The standard InChI is InChI=1S/C15H31N3/c1-3-5-14(16-8-4-2)13-17-9-11-18(12-10-17)15-6-7-15/h14-16H,3-13H2,1-2H3. The number of hydrogen-bond acceptors (Lipinski definition) is 3. The van der Waals surface area contributed by atoms with Gasteiger partial charge in [0, 0.05) is 44.8 Å². The van der Waals surface area contributed by atoms with Gasteiger partial charge in [0.25, 0.3) is 0 Å². The second-order valence-electron chi connectivity index (χ2n) is 6.01. The van der Waals surface area contributed by atoms with Crippen molar-refractivity contribution in [2.24, 2.45) is 0 Å². The summed E-state index contributed by atoms with van der Waals surface area (Å²) in [4.78, 5) is 5.37. The molecule has 1 aliphatic carbocycles. The van der Waals surface area contributed by atoms with Crippen LogP contribution in [0.2, 0.25) is 0 Å². The Bertz CT molecular complexity index is 220. The van der Waals surface area contributed by atoms with Crippen molar-refractivity contribution in [3.8, 4) is 0 Å². The Morgan fingerprint density at radius 3 is 2.33 bits per heavy atom. The lowest BCUT2D eigenvalue weighted by atomic mass is 10.1. The number of nitrogens with zero attached hydrogens (tertiary/aromatic N) is 2. The third kappa shape index (κ3) is 4.52. The van der Waals surface area contributed by atoms with Crippen LogP contribution in [0.1, 0.15) is 46.0 Å². The number of nitrogens with one attached hydrogen (secondary N) is 1. The fourth-order valence-corrected chi connectivity index (χ4v) is 3.02. The lowest BCUT2D eigenvalue weighted by Gasteiger charge is -2.36. The van der Waals surface area contributed by atoms with Crippen molar-refractivity contribution in [1.29, 1.82) is 0 Å². The van der Waals surface area contributed by atoms with Crippen molar-refractivity contribution in [2.75, 3.05) is 39.3 Å². The summed E-state index contributed by atoms with van der Waals surface area (Å²) < 4.78 is 0. The first kappa shape index (κ1) is 14.3. The van der Waals surface area contributed by atoms with Gasteiger partial charge < -0.3 is 5.32 Å². The molecule has 2 rings (SSSR count). The van der Waals surface area contributed by atoms with Crippen LogP contribution < -0.4 is 5.32 Å². The largest absolute Gasteiger partial charge is 0.313 e. The topological polar surface area (TPSA) is 18.5 Å². The van der Waals surface area contributed by atoms with Crippen molar-refractivity contribution in [1.82, 2.24) is 15.1 Å². The fourth-order valence-electron chi connectivity index (χ4n) is 3.02. The minimum absolute atomic E-state index is 0.711. The lowest BCUT2D eigenvalue weighted by Crippen LogP contribution is -2.51. The second-order valence-corrected chi connectivity index (χ2v) is 6.01. The molecule has 1 saturated carbocycles. The quantitative estimate of drug-likeness (QED) is 0.713. The highest BCUT2D eigenvalue weighted by Crippen LogP contribution is 2.27. The van der Waals surface area contributed by atoms with Crippen LogP contribution in [-0.2, 0) is 0 Å². The van der Waals surface area contributed by atoms with E-state index in [0.29, 0.717) is 6.04 Å². The average Bonchev–Trinajstić information content (AvgIpc) is 3.21. The zero-order valence-corrected chi connectivity index (χ0v) is 12.3. The zero-order valence-electron chi connectivity index (χ0n) is 12.3. The zero-order chi connectivity index (χ0) is 12.8. The fraction of sp³-hybridized carbons (Fsp3) is 1.00. The third-order valence-corrected chi connectivity index (χ3v) is 4.27. The molecule has 2 fully saturated rings. The predicted octanol–water partition coefficient (Wildman–Crippen LogP) is 1.93. The first-order chi connectivity index (χ1) is 8.83. The molecule has 3 nitrogen and oxygen atoms in total. The van der Waals surface area contributed by atoms with E-state index >= 15 is 0 Å². The van der Waals surface area contributed by atoms with E-state index in [0.717, 1.165) is 6.04 Å². The smallest absolute Gasteiger partial charge is 0.0194 e. The molecule has 1 saturated heterocycles. The molecule has 1 N–H and O–H groups in total. The summed E-state index contributed by atoms with van der Waals surface area (Å²) >= 11 is 0. The van der Waals surface area contributed by atoms with Crippen molar-refractivity contribution in [2.45, 2.75) is 58.0 Å². The van der Waals surface area contributed by atoms with Crippen LogP contribution in [0.4, 0.5) is 0 Å². The Hall–Kier alpha value is -0.120. The van der Waals surface area contributed by atoms with Gasteiger partial charge in [-0.05, 0) is 32.2 Å². The summed E-state index contributed by atoms with van der Waals surface area (Å²) in [5.74, 6) is 0. The van der Waals surface area contributed by atoms with Gasteiger partial charge >= 0.3 is 0 Å². The van der Waals surface area contributed by atoms with Gasteiger partial charge in [0.1, 0.15) is 0 Å². The predicted molar refractivity (Wildman–Crippen MR) is 78.0 cm³/mol. The Morgan fingerprint density at radius 1 is 1.06 bits per heavy atom. The second kappa shape index (κ2) is 7.46. The van der Waals surface area contributed by atoms with E-state index in [9.17, 15) is 0 Å². The van der Waals surface area contributed by atoms with Crippen molar-refractivity contribution in [3.63, 3.8) is 0 Å². The molecule has 0 amide bonds. The highest BCUT2D eigenvalue weighted by atomic mass is 15.3. The van der Waals surface area contributed by atoms with E-state index in [1.807, 2.05) is 0 Å². The number of hydrogen-bond donors (Lipinski definition) is 1. The molecule has 0 aromatic carbocycles. The Balaban J connectivity index is 1.66. The van der Waals surface area contributed by atoms with Crippen LogP contribution in [0.25, 0.3) is 0 Å². The van der Waals surface area contributed by atoms with Gasteiger partial charge in [-0.15, -0.1) is 0 Å². The van der Waals surface area contributed by atoms with Crippen molar-refractivity contribution >= 4 is 0 Å². The minimum atomic E-state index is 0.711. The Kier molecular flexibility index (Phi) is 5.93. The molecule has 1 heterocycles. The van der Waals surface area contributed by atoms with Crippen LogP contribution in [0.15, 0.2) is 0 Å². The van der Waals surface area contributed by atoms with Gasteiger partial charge in [0.15, 0.2) is 0 Å². The molecule has 0 aromatic heterocycles. The number of piperazine rings is 1. The molecule has 106 valence electrons. The molecule has 2 aliphatic rings. The maximum Gasteiger partial charge on any atom is 0.0194 e. The van der Waals surface area contributed by atoms with Crippen LogP contribution >= 0.6 is 0 Å². The molecule has 0 radical (unpaired) electrons. The number of rotatable bonds is 8. The van der Waals surface area contributed by atoms with Gasteiger partial charge in [-0.1, -0.05) is 20.3 Å². The normalized spacial score (nSPS) is 24.3. The molecule has 1 unspecified atom stereocenters. The molecule has 1 aliphatic heterocycles. The van der Waals surface area contributed by atoms with E-state index in [1.165, 1.54) is 71.4 Å². The molecule has 18 heavy (non-hydrogen) atoms. The molecule has 0 aromatic rings. The highest BCUT2D eigenvalue weighted by Gasteiger charge is 2.31. The SMILES string of the molecule is CCCNC(CCC)CN1CCN(C2CC2)CC1. The first-order valence-electron chi connectivity index (χ1n) is 8.03. The van der Waals surface area contributed by atoms with Gasteiger partial charge in [0.2, 0.25) is 0 Å². The summed E-state index contributed by atoms with van der Waals surface area (Å²) in [6.45, 7) is 12.2. The minimum Gasteiger partial charge on any atom is -0.313 e. The molecule has 0 bridgehead atoms. The maximum atomic E-state index is 3.71. The Morgan fingerprint density at radius 2 is 1.78 bits per heavy atom. The highest BCUT2D eigenvalue weighted by molar-refractivity contribution is 4.88. The molecule has 1 atom stereocenters. The summed E-state index contributed by atoms with van der Waals surface area (Å²) in [6, 6.07) is 1.67. The van der Waals surface area contributed by atoms with Crippen molar-refractivity contribution in [3.05, 3.63) is 0 Å². The molecular formula is C15H31N3. The Labute approximate surface area is 113 Å². The molecule has 0 spiro atoms. The molecular weight excluding hydrogens is 222 g/mol. The van der Waals surface area contributed by atoms with Gasteiger partial charge in [-0.25, -0.2) is 0 Å². The van der Waals surface area contributed by atoms with E-state index in [4.69, 9.17) is 0 Å². The summed E-state index contributed by atoms with van der Waals surface area (Å²) in [6.07, 6.45) is 6.77. The van der Waals surface area contributed by atoms with Gasteiger partial charge in [0.05, 0.1) is 0 Å². The van der Waals surface area contributed by atoms with Crippen LogP contribution in [0.3, 0.4) is 0 Å². The summed E-state index contributed by atoms with van der Waals surface area (Å²) in [5.41, 5.74) is 0. The lowest BCUT2D eigenvalue weighted by molar-refractivity contribution is 0.116. The van der Waals surface area contributed by atoms with E-state index in [2.05, 4.69) is 29.0 Å². The van der Waals surface area contributed by atoms with E-state index < -0.39 is 0 Å². The van der Waals surface area contributed by atoms with Gasteiger partial charge in [-0.2, -0.15) is 0 Å². The first-order valence-corrected chi connectivity index (χ1v) is 8.03. The summed E-state index contributed by atoms with van der Waals surface area (Å²) in [5, 5.41) is 3.71. The summed E-state index contributed by atoms with van der Waals surface area (Å²) in [7, 11) is 0. The molecule has 3 heteroatoms.